The summed E-state index contributed by atoms with van der Waals surface area (Å²) in [4.78, 5) is 0. The number of hydrogen-bond donors (Lipinski definition) is 1. The molecule has 0 aromatic heterocycles. The predicted molar refractivity (Wildman–Crippen MR) is 129 cm³/mol. The van der Waals surface area contributed by atoms with Gasteiger partial charge in [-0.2, -0.15) is 0 Å². The second-order valence-electron chi connectivity index (χ2n) is 11.5. The Balaban J connectivity index is 1.78. The van der Waals surface area contributed by atoms with Gasteiger partial charge in [-0.15, -0.1) is 0 Å². The molecule has 2 fully saturated rings. The van der Waals surface area contributed by atoms with Crippen LogP contribution in [0.15, 0.2) is 18.2 Å². The van der Waals surface area contributed by atoms with Crippen LogP contribution in [-0.4, -0.2) is 27.5 Å². The summed E-state index contributed by atoms with van der Waals surface area (Å²) in [5.41, 5.74) is 1.64. The number of rotatable bonds is 10. The number of ether oxygens (including phenoxy) is 2. The summed E-state index contributed by atoms with van der Waals surface area (Å²) in [5, 5.41) is 10.8. The second kappa shape index (κ2) is 9.43. The topological polar surface area (TPSA) is 38.7 Å². The SMILES string of the molecule is CCC1(OC(C)(C)Cc2cccc(O)c2CC(C)(C)OC2(CC)CCCC2)CCCC1. The van der Waals surface area contributed by atoms with E-state index in [2.05, 4.69) is 47.6 Å². The lowest BCUT2D eigenvalue weighted by molar-refractivity contribution is -0.141. The lowest BCUT2D eigenvalue weighted by atomic mass is 9.87. The van der Waals surface area contributed by atoms with Crippen molar-refractivity contribution in [2.75, 3.05) is 0 Å². The highest BCUT2D eigenvalue weighted by Gasteiger charge is 2.40. The molecule has 0 unspecified atom stereocenters. The first-order chi connectivity index (χ1) is 14.5. The fourth-order valence-electron chi connectivity index (χ4n) is 6.21. The summed E-state index contributed by atoms with van der Waals surface area (Å²) < 4.78 is 13.6. The molecule has 2 saturated carbocycles. The van der Waals surface area contributed by atoms with E-state index in [4.69, 9.17) is 9.47 Å². The van der Waals surface area contributed by atoms with Crippen molar-refractivity contribution < 1.29 is 14.6 Å². The number of phenols is 1. The van der Waals surface area contributed by atoms with Gasteiger partial charge in [-0.05, 0) is 83.4 Å². The van der Waals surface area contributed by atoms with Gasteiger partial charge >= 0.3 is 0 Å². The zero-order valence-electron chi connectivity index (χ0n) is 21.0. The number of benzene rings is 1. The molecule has 3 rings (SSSR count). The maximum atomic E-state index is 10.8. The number of aromatic hydroxyl groups is 1. The van der Waals surface area contributed by atoms with Crippen molar-refractivity contribution in [3.8, 4) is 5.75 Å². The van der Waals surface area contributed by atoms with Gasteiger partial charge in [-0.1, -0.05) is 51.7 Å². The zero-order valence-corrected chi connectivity index (χ0v) is 21.0. The summed E-state index contributed by atoms with van der Waals surface area (Å²) in [6, 6.07) is 5.95. The molecule has 2 aliphatic carbocycles. The smallest absolute Gasteiger partial charge is 0.119 e. The molecular weight excluding hydrogens is 384 g/mol. The van der Waals surface area contributed by atoms with E-state index < -0.39 is 0 Å². The average Bonchev–Trinajstić information content (AvgIpc) is 3.34. The minimum Gasteiger partial charge on any atom is -0.508 e. The third-order valence-electron chi connectivity index (χ3n) is 7.77. The summed E-state index contributed by atoms with van der Waals surface area (Å²) in [7, 11) is 0. The Kier molecular flexibility index (Phi) is 7.48. The van der Waals surface area contributed by atoms with Crippen molar-refractivity contribution in [3.63, 3.8) is 0 Å². The van der Waals surface area contributed by atoms with Crippen LogP contribution in [0, 0.1) is 0 Å². The Hall–Kier alpha value is -1.06. The summed E-state index contributed by atoms with van der Waals surface area (Å²) in [6.45, 7) is 13.3. The Bertz CT molecular complexity index is 722. The van der Waals surface area contributed by atoms with Crippen LogP contribution in [0.5, 0.6) is 5.75 Å². The largest absolute Gasteiger partial charge is 0.508 e. The van der Waals surface area contributed by atoms with Crippen molar-refractivity contribution in [2.45, 2.75) is 141 Å². The highest BCUT2D eigenvalue weighted by Crippen LogP contribution is 2.42. The first kappa shape index (κ1) is 24.6. The van der Waals surface area contributed by atoms with Gasteiger partial charge < -0.3 is 14.6 Å². The van der Waals surface area contributed by atoms with Crippen LogP contribution in [-0.2, 0) is 22.3 Å². The quantitative estimate of drug-likeness (QED) is 0.417. The Morgan fingerprint density at radius 1 is 0.774 bits per heavy atom. The van der Waals surface area contributed by atoms with Gasteiger partial charge in [0, 0.05) is 12.8 Å². The summed E-state index contributed by atoms with van der Waals surface area (Å²) in [6.07, 6.45) is 13.3. The lowest BCUT2D eigenvalue weighted by Gasteiger charge is -2.40. The summed E-state index contributed by atoms with van der Waals surface area (Å²) >= 11 is 0. The molecule has 0 bridgehead atoms. The fraction of sp³-hybridized carbons (Fsp3) is 0.786. The van der Waals surface area contributed by atoms with Gasteiger partial charge in [0.2, 0.25) is 0 Å². The standard InChI is InChI=1S/C28H46O3/c1-7-27(16-9-10-17-27)30-25(3,4)20-22-14-13-15-24(29)23(22)21-26(5,6)31-28(8-2)18-11-12-19-28/h13-15,29H,7-12,16-21H2,1-6H3. The monoisotopic (exact) mass is 430 g/mol. The van der Waals surface area contributed by atoms with Crippen LogP contribution >= 0.6 is 0 Å². The van der Waals surface area contributed by atoms with E-state index in [-0.39, 0.29) is 22.4 Å². The molecule has 0 saturated heterocycles. The molecule has 2 aliphatic rings. The molecule has 0 amide bonds. The molecule has 3 nitrogen and oxygen atoms in total. The molecule has 0 spiro atoms. The van der Waals surface area contributed by atoms with Gasteiger partial charge in [0.1, 0.15) is 5.75 Å². The van der Waals surface area contributed by atoms with Crippen LogP contribution in [0.4, 0.5) is 0 Å². The lowest BCUT2D eigenvalue weighted by Crippen LogP contribution is -2.42. The minimum atomic E-state index is -0.324. The molecule has 31 heavy (non-hydrogen) atoms. The van der Waals surface area contributed by atoms with Crippen LogP contribution < -0.4 is 0 Å². The Morgan fingerprint density at radius 3 is 1.68 bits per heavy atom. The predicted octanol–water partition coefficient (Wildman–Crippen LogP) is 7.51. The van der Waals surface area contributed by atoms with Crippen molar-refractivity contribution in [3.05, 3.63) is 29.3 Å². The van der Waals surface area contributed by atoms with E-state index in [9.17, 15) is 5.11 Å². The van der Waals surface area contributed by atoms with Crippen LogP contribution in [0.25, 0.3) is 0 Å². The molecule has 1 aromatic rings. The van der Waals surface area contributed by atoms with E-state index in [0.29, 0.717) is 12.2 Å². The highest BCUT2D eigenvalue weighted by atomic mass is 16.5. The summed E-state index contributed by atoms with van der Waals surface area (Å²) in [5.74, 6) is 0.382. The van der Waals surface area contributed by atoms with E-state index in [1.165, 1.54) is 44.1 Å². The first-order valence-corrected chi connectivity index (χ1v) is 12.7. The van der Waals surface area contributed by atoms with Gasteiger partial charge in [0.05, 0.1) is 22.4 Å². The highest BCUT2D eigenvalue weighted by molar-refractivity contribution is 5.41. The third kappa shape index (κ3) is 6.05. The van der Waals surface area contributed by atoms with Crippen LogP contribution in [0.2, 0.25) is 0 Å². The number of hydrogen-bond acceptors (Lipinski definition) is 3. The van der Waals surface area contributed by atoms with Crippen molar-refractivity contribution >= 4 is 0 Å². The van der Waals surface area contributed by atoms with Crippen molar-refractivity contribution in [1.29, 1.82) is 0 Å². The number of phenolic OH excluding ortho intramolecular Hbond substituents is 1. The van der Waals surface area contributed by atoms with Crippen molar-refractivity contribution in [2.24, 2.45) is 0 Å². The third-order valence-corrected chi connectivity index (χ3v) is 7.77. The maximum Gasteiger partial charge on any atom is 0.119 e. The first-order valence-electron chi connectivity index (χ1n) is 12.7. The molecule has 1 N–H and O–H groups in total. The van der Waals surface area contributed by atoms with Crippen LogP contribution in [0.3, 0.4) is 0 Å². The van der Waals surface area contributed by atoms with E-state index >= 15 is 0 Å². The Labute approximate surface area is 190 Å². The van der Waals surface area contributed by atoms with Crippen LogP contribution in [0.1, 0.15) is 117 Å². The van der Waals surface area contributed by atoms with Gasteiger partial charge in [0.15, 0.2) is 0 Å². The molecule has 0 aliphatic heterocycles. The zero-order chi connectivity index (χ0) is 22.8. The second-order valence-corrected chi connectivity index (χ2v) is 11.5. The van der Waals surface area contributed by atoms with E-state index in [1.54, 1.807) is 0 Å². The molecule has 1 aromatic carbocycles. The van der Waals surface area contributed by atoms with E-state index in [1.807, 2.05) is 12.1 Å². The average molecular weight is 431 g/mol. The minimum absolute atomic E-state index is 0.00637. The molecule has 0 radical (unpaired) electrons. The van der Waals surface area contributed by atoms with Gasteiger partial charge in [-0.25, -0.2) is 0 Å². The molecule has 0 heterocycles. The van der Waals surface area contributed by atoms with Gasteiger partial charge in [0.25, 0.3) is 0 Å². The molecule has 3 heteroatoms. The van der Waals surface area contributed by atoms with Crippen molar-refractivity contribution in [1.82, 2.24) is 0 Å². The normalized spacial score (nSPS) is 21.0. The maximum absolute atomic E-state index is 10.8. The van der Waals surface area contributed by atoms with Gasteiger partial charge in [-0.3, -0.25) is 0 Å². The van der Waals surface area contributed by atoms with E-state index in [0.717, 1.165) is 37.7 Å². The molecular formula is C28H46O3. The molecule has 176 valence electrons. The molecule has 0 atom stereocenters. The fourth-order valence-corrected chi connectivity index (χ4v) is 6.21. The Morgan fingerprint density at radius 2 is 1.23 bits per heavy atom.